The second kappa shape index (κ2) is 5.63. The van der Waals surface area contributed by atoms with Crippen LogP contribution in [0.3, 0.4) is 0 Å². The van der Waals surface area contributed by atoms with Crippen LogP contribution in [0.15, 0.2) is 10.9 Å². The standard InChI is InChI=1S/C12H16N4O2/c13-8-12(5-3-1-2-4-6-12)11(17)14-7-10-15-9-18-16-10/h9H,1-7H2,(H,14,17). The summed E-state index contributed by atoms with van der Waals surface area (Å²) in [5, 5.41) is 15.7. The summed E-state index contributed by atoms with van der Waals surface area (Å²) in [6.07, 6.45) is 6.56. The first-order valence-electron chi connectivity index (χ1n) is 6.22. The second-order valence-electron chi connectivity index (χ2n) is 4.64. The summed E-state index contributed by atoms with van der Waals surface area (Å²) in [6.45, 7) is 0.207. The highest BCUT2D eigenvalue weighted by Crippen LogP contribution is 2.34. The van der Waals surface area contributed by atoms with E-state index >= 15 is 0 Å². The van der Waals surface area contributed by atoms with Crippen LogP contribution in [0.5, 0.6) is 0 Å². The van der Waals surface area contributed by atoms with Gasteiger partial charge in [0.2, 0.25) is 12.3 Å². The first-order valence-corrected chi connectivity index (χ1v) is 6.22. The van der Waals surface area contributed by atoms with Gasteiger partial charge >= 0.3 is 0 Å². The van der Waals surface area contributed by atoms with Crippen LogP contribution in [0, 0.1) is 16.7 Å². The monoisotopic (exact) mass is 248 g/mol. The SMILES string of the molecule is N#CC1(C(=O)NCc2ncon2)CCCCCC1. The Morgan fingerprint density at radius 1 is 1.44 bits per heavy atom. The van der Waals surface area contributed by atoms with Crippen molar-refractivity contribution in [2.24, 2.45) is 5.41 Å². The van der Waals surface area contributed by atoms with Crippen molar-refractivity contribution in [1.29, 1.82) is 5.26 Å². The van der Waals surface area contributed by atoms with Gasteiger partial charge < -0.3 is 9.84 Å². The molecular weight excluding hydrogens is 232 g/mol. The minimum atomic E-state index is -0.875. The highest BCUT2D eigenvalue weighted by Gasteiger charge is 2.38. The van der Waals surface area contributed by atoms with Gasteiger partial charge in [-0.05, 0) is 12.8 Å². The van der Waals surface area contributed by atoms with Crippen LogP contribution in [0.25, 0.3) is 0 Å². The maximum absolute atomic E-state index is 12.2. The molecule has 1 N–H and O–H groups in total. The third kappa shape index (κ3) is 2.67. The molecule has 0 aliphatic heterocycles. The molecule has 0 saturated heterocycles. The van der Waals surface area contributed by atoms with Crippen LogP contribution >= 0.6 is 0 Å². The van der Waals surface area contributed by atoms with Gasteiger partial charge in [0.15, 0.2) is 5.82 Å². The molecule has 0 spiro atoms. The third-order valence-corrected chi connectivity index (χ3v) is 3.42. The Kier molecular flexibility index (Phi) is 3.92. The Bertz CT molecular complexity index is 427. The van der Waals surface area contributed by atoms with E-state index in [4.69, 9.17) is 0 Å². The number of nitrogens with zero attached hydrogens (tertiary/aromatic N) is 3. The van der Waals surface area contributed by atoms with Crippen molar-refractivity contribution in [2.45, 2.75) is 45.1 Å². The zero-order valence-electron chi connectivity index (χ0n) is 10.2. The first-order chi connectivity index (χ1) is 8.77. The summed E-state index contributed by atoms with van der Waals surface area (Å²) in [7, 11) is 0. The van der Waals surface area contributed by atoms with Gasteiger partial charge in [-0.15, -0.1) is 0 Å². The highest BCUT2D eigenvalue weighted by molar-refractivity contribution is 5.85. The van der Waals surface area contributed by atoms with E-state index in [9.17, 15) is 10.1 Å². The van der Waals surface area contributed by atoms with Crippen molar-refractivity contribution in [3.8, 4) is 6.07 Å². The molecule has 1 saturated carbocycles. The lowest BCUT2D eigenvalue weighted by Crippen LogP contribution is -2.39. The fraction of sp³-hybridized carbons (Fsp3) is 0.667. The van der Waals surface area contributed by atoms with E-state index in [1.54, 1.807) is 0 Å². The zero-order chi connectivity index (χ0) is 12.8. The van der Waals surface area contributed by atoms with Gasteiger partial charge in [-0.25, -0.2) is 0 Å². The van der Waals surface area contributed by atoms with Gasteiger partial charge in [0.1, 0.15) is 5.41 Å². The molecule has 1 fully saturated rings. The molecule has 0 radical (unpaired) electrons. The van der Waals surface area contributed by atoms with Gasteiger partial charge in [-0.2, -0.15) is 10.2 Å². The molecule has 0 aromatic carbocycles. The minimum Gasteiger partial charge on any atom is -0.347 e. The summed E-state index contributed by atoms with van der Waals surface area (Å²) in [5.74, 6) is 0.210. The molecular formula is C12H16N4O2. The summed E-state index contributed by atoms with van der Waals surface area (Å²) in [4.78, 5) is 16.0. The number of hydrogen-bond acceptors (Lipinski definition) is 5. The van der Waals surface area contributed by atoms with E-state index in [1.807, 2.05) is 0 Å². The third-order valence-electron chi connectivity index (χ3n) is 3.42. The Balaban J connectivity index is 1.98. The molecule has 6 nitrogen and oxygen atoms in total. The molecule has 0 atom stereocenters. The van der Waals surface area contributed by atoms with E-state index in [2.05, 4.69) is 26.0 Å². The van der Waals surface area contributed by atoms with Crippen LogP contribution in [-0.4, -0.2) is 16.0 Å². The van der Waals surface area contributed by atoms with Crippen molar-refractivity contribution in [3.05, 3.63) is 12.2 Å². The van der Waals surface area contributed by atoms with Crippen molar-refractivity contribution in [2.75, 3.05) is 0 Å². The Morgan fingerprint density at radius 2 is 2.17 bits per heavy atom. The molecule has 1 aliphatic rings. The van der Waals surface area contributed by atoms with Crippen LogP contribution in [0.1, 0.15) is 44.3 Å². The van der Waals surface area contributed by atoms with Crippen LogP contribution < -0.4 is 5.32 Å². The highest BCUT2D eigenvalue weighted by atomic mass is 16.5. The fourth-order valence-corrected chi connectivity index (χ4v) is 2.32. The fourth-order valence-electron chi connectivity index (χ4n) is 2.32. The number of amides is 1. The predicted molar refractivity (Wildman–Crippen MR) is 61.9 cm³/mol. The molecule has 2 rings (SSSR count). The van der Waals surface area contributed by atoms with E-state index in [-0.39, 0.29) is 12.5 Å². The number of nitriles is 1. The van der Waals surface area contributed by atoms with Crippen molar-refractivity contribution >= 4 is 5.91 Å². The molecule has 1 aromatic heterocycles. The van der Waals surface area contributed by atoms with Gasteiger partial charge in [0.25, 0.3) is 0 Å². The Labute approximate surface area is 105 Å². The lowest BCUT2D eigenvalue weighted by molar-refractivity contribution is -0.129. The molecule has 0 unspecified atom stereocenters. The van der Waals surface area contributed by atoms with Gasteiger partial charge in [-0.1, -0.05) is 30.8 Å². The average molecular weight is 248 g/mol. The van der Waals surface area contributed by atoms with Crippen molar-refractivity contribution in [3.63, 3.8) is 0 Å². The number of carbonyl (C=O) groups is 1. The maximum Gasteiger partial charge on any atom is 0.240 e. The summed E-state index contributed by atoms with van der Waals surface area (Å²) in [6, 6.07) is 2.21. The average Bonchev–Trinajstić information content (AvgIpc) is 2.79. The minimum absolute atomic E-state index is 0.207. The van der Waals surface area contributed by atoms with Crippen LogP contribution in [-0.2, 0) is 11.3 Å². The number of carbonyl (C=O) groups excluding carboxylic acids is 1. The predicted octanol–water partition coefficient (Wildman–Crippen LogP) is 1.55. The Hall–Kier alpha value is -1.90. The quantitative estimate of drug-likeness (QED) is 0.819. The molecule has 96 valence electrons. The molecule has 0 bridgehead atoms. The molecule has 6 heteroatoms. The van der Waals surface area contributed by atoms with Crippen LogP contribution in [0.2, 0.25) is 0 Å². The number of aromatic nitrogens is 2. The second-order valence-corrected chi connectivity index (χ2v) is 4.64. The number of rotatable bonds is 3. The number of hydrogen-bond donors (Lipinski definition) is 1. The van der Waals surface area contributed by atoms with Gasteiger partial charge in [0, 0.05) is 0 Å². The van der Waals surface area contributed by atoms with Crippen LogP contribution in [0.4, 0.5) is 0 Å². The van der Waals surface area contributed by atoms with Crippen molar-refractivity contribution in [1.82, 2.24) is 15.5 Å². The molecule has 1 aliphatic carbocycles. The van der Waals surface area contributed by atoms with E-state index in [0.717, 1.165) is 25.7 Å². The lowest BCUT2D eigenvalue weighted by atomic mass is 9.81. The van der Waals surface area contributed by atoms with Gasteiger partial charge in [-0.3, -0.25) is 4.79 Å². The summed E-state index contributed by atoms with van der Waals surface area (Å²) >= 11 is 0. The topological polar surface area (TPSA) is 91.8 Å². The molecule has 1 heterocycles. The maximum atomic E-state index is 12.2. The van der Waals surface area contributed by atoms with E-state index in [1.165, 1.54) is 6.39 Å². The van der Waals surface area contributed by atoms with Crippen molar-refractivity contribution < 1.29 is 9.32 Å². The lowest BCUT2D eigenvalue weighted by Gasteiger charge is -2.23. The largest absolute Gasteiger partial charge is 0.347 e. The number of nitrogens with one attached hydrogen (secondary N) is 1. The summed E-state index contributed by atoms with van der Waals surface area (Å²) in [5.41, 5.74) is -0.875. The molecule has 1 amide bonds. The summed E-state index contributed by atoms with van der Waals surface area (Å²) < 4.78 is 4.59. The molecule has 1 aromatic rings. The Morgan fingerprint density at radius 3 is 2.72 bits per heavy atom. The zero-order valence-corrected chi connectivity index (χ0v) is 10.2. The smallest absolute Gasteiger partial charge is 0.240 e. The first kappa shape index (κ1) is 12.6. The molecule has 18 heavy (non-hydrogen) atoms. The normalized spacial score (nSPS) is 18.6. The van der Waals surface area contributed by atoms with Gasteiger partial charge in [0.05, 0.1) is 12.6 Å². The van der Waals surface area contributed by atoms with E-state index in [0.29, 0.717) is 18.7 Å². The van der Waals surface area contributed by atoms with E-state index < -0.39 is 5.41 Å².